The molecule has 2 heterocycles. The number of carboxylic acids is 1. The molecule has 174 valence electrons. The van der Waals surface area contributed by atoms with Crippen molar-refractivity contribution in [3.8, 4) is 11.1 Å². The third-order valence-corrected chi connectivity index (χ3v) is 7.91. The summed E-state index contributed by atoms with van der Waals surface area (Å²) in [6, 6.07) is 9.05. The maximum absolute atomic E-state index is 12.8. The molecule has 1 amide bonds. The van der Waals surface area contributed by atoms with E-state index in [9.17, 15) is 20.0 Å². The number of aryl methyl sites for hydroxylation is 2. The van der Waals surface area contributed by atoms with Crippen molar-refractivity contribution < 1.29 is 14.7 Å². The largest absolute Gasteiger partial charge is 0.478 e. The highest BCUT2D eigenvalue weighted by Crippen LogP contribution is 2.39. The number of benzene rings is 1. The fourth-order valence-corrected chi connectivity index (χ4v) is 6.08. The van der Waals surface area contributed by atoms with Crippen LogP contribution in [-0.4, -0.2) is 21.6 Å². The van der Waals surface area contributed by atoms with Crippen LogP contribution in [0.15, 0.2) is 29.8 Å². The number of carbonyl (C=O) groups excluding carboxylic acids is 1. The van der Waals surface area contributed by atoms with Gasteiger partial charge in [-0.3, -0.25) is 4.79 Å². The van der Waals surface area contributed by atoms with E-state index >= 15 is 0 Å². The molecule has 0 atom stereocenters. The maximum Gasteiger partial charge on any atom is 0.339 e. The number of aromatic carboxylic acids is 1. The number of thiophene rings is 1. The molecule has 4 rings (SSSR count). The van der Waals surface area contributed by atoms with Crippen molar-refractivity contribution in [2.75, 3.05) is 5.32 Å². The summed E-state index contributed by atoms with van der Waals surface area (Å²) in [6.07, 6.45) is 5.28. The van der Waals surface area contributed by atoms with Crippen LogP contribution in [0.4, 0.5) is 5.69 Å². The van der Waals surface area contributed by atoms with Gasteiger partial charge < -0.3 is 15.0 Å². The zero-order chi connectivity index (χ0) is 24.6. The normalized spacial score (nSPS) is 13.3. The second kappa shape index (κ2) is 9.49. The van der Waals surface area contributed by atoms with Gasteiger partial charge >= 0.3 is 5.97 Å². The molecule has 3 aromatic rings. The predicted octanol–water partition coefficient (Wildman–Crippen LogP) is 6.24. The first kappa shape index (κ1) is 23.8. The second-order valence-corrected chi connectivity index (χ2v) is 9.89. The average Bonchev–Trinajstić information content (AvgIpc) is 3.31. The lowest BCUT2D eigenvalue weighted by atomic mass is 9.95. The fraction of sp³-hybridized carbons (Fsp3) is 0.269. The van der Waals surface area contributed by atoms with Crippen LogP contribution in [0.1, 0.15) is 56.2 Å². The van der Waals surface area contributed by atoms with E-state index in [1.165, 1.54) is 11.3 Å². The number of nitrogens with one attached hydrogen (secondary N) is 1. The minimum absolute atomic E-state index is 0.0523. The van der Waals surface area contributed by atoms with Crippen LogP contribution < -0.4 is 5.32 Å². The Kier molecular flexibility index (Phi) is 6.65. The van der Waals surface area contributed by atoms with Gasteiger partial charge in [0.2, 0.25) is 0 Å². The van der Waals surface area contributed by atoms with Gasteiger partial charge in [-0.15, -0.1) is 11.3 Å². The number of nitriles is 1. The summed E-state index contributed by atoms with van der Waals surface area (Å²) in [4.78, 5) is 26.1. The average molecular weight is 494 g/mol. The van der Waals surface area contributed by atoms with Gasteiger partial charge in [0.05, 0.1) is 5.56 Å². The molecule has 0 spiro atoms. The summed E-state index contributed by atoms with van der Waals surface area (Å²) in [5, 5.41) is 23.6. The van der Waals surface area contributed by atoms with E-state index in [0.717, 1.165) is 53.1 Å². The summed E-state index contributed by atoms with van der Waals surface area (Å²) in [6.45, 7) is 5.56. The smallest absolute Gasteiger partial charge is 0.339 e. The Labute approximate surface area is 207 Å². The Bertz CT molecular complexity index is 1390. The number of halogens is 1. The molecule has 8 heteroatoms. The number of carbonyl (C=O) groups is 2. The van der Waals surface area contributed by atoms with Crippen LogP contribution in [0.25, 0.3) is 11.1 Å². The molecule has 0 bridgehead atoms. The van der Waals surface area contributed by atoms with Crippen molar-refractivity contribution in [1.82, 2.24) is 4.57 Å². The zero-order valence-electron chi connectivity index (χ0n) is 19.2. The number of nitrogens with zero attached hydrogens (tertiary/aromatic N) is 2. The van der Waals surface area contributed by atoms with Crippen LogP contribution in [0.2, 0.25) is 5.02 Å². The number of hydrogen-bond acceptors (Lipinski definition) is 4. The van der Waals surface area contributed by atoms with Gasteiger partial charge in [0.15, 0.2) is 0 Å². The number of anilines is 1. The highest BCUT2D eigenvalue weighted by Gasteiger charge is 2.27. The van der Waals surface area contributed by atoms with E-state index in [1.54, 1.807) is 31.2 Å². The van der Waals surface area contributed by atoms with Gasteiger partial charge in [0.1, 0.15) is 16.6 Å². The van der Waals surface area contributed by atoms with Crippen LogP contribution in [0.3, 0.4) is 0 Å². The SMILES string of the molecule is Cc1c(Cl)cccc1NC(=O)/C(C#N)=C\c1cc(C)n(-c2sc3c(c2C(=O)O)CCCC3)c1C. The van der Waals surface area contributed by atoms with Crippen molar-refractivity contribution in [2.45, 2.75) is 46.5 Å². The molecule has 0 radical (unpaired) electrons. The van der Waals surface area contributed by atoms with Crippen molar-refractivity contribution >= 4 is 46.6 Å². The molecule has 2 aromatic heterocycles. The molecule has 0 aliphatic heterocycles. The number of hydrogen-bond donors (Lipinski definition) is 2. The van der Waals surface area contributed by atoms with Crippen LogP contribution in [0.5, 0.6) is 0 Å². The summed E-state index contributed by atoms with van der Waals surface area (Å²) >= 11 is 7.66. The Morgan fingerprint density at radius 1 is 1.24 bits per heavy atom. The molecule has 1 aromatic carbocycles. The first-order chi connectivity index (χ1) is 16.2. The van der Waals surface area contributed by atoms with E-state index in [0.29, 0.717) is 26.8 Å². The van der Waals surface area contributed by atoms with Gasteiger partial charge in [0.25, 0.3) is 5.91 Å². The van der Waals surface area contributed by atoms with Crippen LogP contribution in [-0.2, 0) is 17.6 Å². The van der Waals surface area contributed by atoms with Gasteiger partial charge in [0, 0.05) is 27.0 Å². The Hall–Kier alpha value is -3.34. The molecule has 2 N–H and O–H groups in total. The minimum Gasteiger partial charge on any atom is -0.478 e. The molecular weight excluding hydrogens is 470 g/mol. The standard InChI is InChI=1S/C26H24ClN3O3S/c1-14-11-17(12-18(13-28)24(31)29-21-9-6-8-20(27)15(21)2)16(3)30(14)25-23(26(32)33)19-7-4-5-10-22(19)34-25/h6,8-9,11-12H,4-5,7,10H2,1-3H3,(H,29,31)(H,32,33)/b18-12-. The monoisotopic (exact) mass is 493 g/mol. The van der Waals surface area contributed by atoms with Gasteiger partial charge in [-0.1, -0.05) is 17.7 Å². The summed E-state index contributed by atoms with van der Waals surface area (Å²) in [5.74, 6) is -1.46. The lowest BCUT2D eigenvalue weighted by Gasteiger charge is -2.11. The van der Waals surface area contributed by atoms with Gasteiger partial charge in [-0.2, -0.15) is 5.26 Å². The van der Waals surface area contributed by atoms with E-state index in [-0.39, 0.29) is 5.57 Å². The maximum atomic E-state index is 12.8. The lowest BCUT2D eigenvalue weighted by Crippen LogP contribution is -2.14. The molecule has 0 unspecified atom stereocenters. The molecular formula is C26H24ClN3O3S. The fourth-order valence-electron chi connectivity index (χ4n) is 4.41. The Balaban J connectivity index is 1.73. The molecule has 0 saturated carbocycles. The van der Waals surface area contributed by atoms with Crippen molar-refractivity contribution in [1.29, 1.82) is 5.26 Å². The minimum atomic E-state index is -0.923. The first-order valence-corrected chi connectivity index (χ1v) is 12.2. The number of aromatic nitrogens is 1. The predicted molar refractivity (Wildman–Crippen MR) is 135 cm³/mol. The second-order valence-electron chi connectivity index (χ2n) is 8.39. The first-order valence-electron chi connectivity index (χ1n) is 11.0. The van der Waals surface area contributed by atoms with Gasteiger partial charge in [-0.05, 0) is 87.4 Å². The summed E-state index contributed by atoms with van der Waals surface area (Å²) in [5.41, 5.74) is 4.82. The lowest BCUT2D eigenvalue weighted by molar-refractivity contribution is -0.112. The number of fused-ring (bicyclic) bond motifs is 1. The molecule has 0 saturated heterocycles. The molecule has 0 fully saturated rings. The summed E-state index contributed by atoms with van der Waals surface area (Å²) < 4.78 is 1.92. The van der Waals surface area contributed by atoms with Crippen molar-refractivity contribution in [3.63, 3.8) is 0 Å². The number of carboxylic acid groups (broad SMARTS) is 1. The highest BCUT2D eigenvalue weighted by molar-refractivity contribution is 7.15. The van der Waals surface area contributed by atoms with Crippen LogP contribution in [0, 0.1) is 32.1 Å². The van der Waals surface area contributed by atoms with E-state index in [2.05, 4.69) is 5.32 Å². The number of amides is 1. The van der Waals surface area contributed by atoms with Gasteiger partial charge in [-0.25, -0.2) is 4.79 Å². The van der Waals surface area contributed by atoms with Crippen LogP contribution >= 0.6 is 22.9 Å². The summed E-state index contributed by atoms with van der Waals surface area (Å²) in [7, 11) is 0. The van der Waals surface area contributed by atoms with Crippen molar-refractivity contribution in [3.05, 3.63) is 73.4 Å². The Morgan fingerprint density at radius 3 is 2.68 bits per heavy atom. The third-order valence-electron chi connectivity index (χ3n) is 6.22. The molecule has 1 aliphatic rings. The van der Waals surface area contributed by atoms with E-state index < -0.39 is 11.9 Å². The molecule has 6 nitrogen and oxygen atoms in total. The van der Waals surface area contributed by atoms with E-state index in [4.69, 9.17) is 11.6 Å². The third kappa shape index (κ3) is 4.27. The van der Waals surface area contributed by atoms with Crippen molar-refractivity contribution in [2.24, 2.45) is 0 Å². The number of rotatable bonds is 5. The highest BCUT2D eigenvalue weighted by atomic mass is 35.5. The molecule has 34 heavy (non-hydrogen) atoms. The zero-order valence-corrected chi connectivity index (χ0v) is 20.7. The molecule has 1 aliphatic carbocycles. The van der Waals surface area contributed by atoms with E-state index in [1.807, 2.05) is 30.6 Å². The Morgan fingerprint density at radius 2 is 1.97 bits per heavy atom. The topological polar surface area (TPSA) is 95.1 Å². The quantitative estimate of drug-likeness (QED) is 0.325.